The van der Waals surface area contributed by atoms with Crippen molar-refractivity contribution < 1.29 is 4.39 Å². The fourth-order valence-electron chi connectivity index (χ4n) is 5.30. The summed E-state index contributed by atoms with van der Waals surface area (Å²) in [5.74, 6) is 2.23. The Bertz CT molecular complexity index is 1280. The first kappa shape index (κ1) is 24.0. The summed E-state index contributed by atoms with van der Waals surface area (Å²) < 4.78 is 21.9. The number of halogens is 1. The average Bonchev–Trinajstić information content (AvgIpc) is 3.06. The van der Waals surface area contributed by atoms with Crippen molar-refractivity contribution in [2.75, 3.05) is 45.2 Å². The van der Waals surface area contributed by atoms with Crippen molar-refractivity contribution in [3.63, 3.8) is 0 Å². The van der Waals surface area contributed by atoms with Crippen LogP contribution in [0.3, 0.4) is 0 Å². The molecular weight excluding hydrogens is 454 g/mol. The minimum Gasteiger partial charge on any atom is -0.347 e. The average molecular weight is 489 g/mol. The van der Waals surface area contributed by atoms with Crippen LogP contribution in [0.4, 0.5) is 15.8 Å². The fraction of sp³-hybridized carbons (Fsp3) is 0.310. The van der Waals surface area contributed by atoms with Gasteiger partial charge in [-0.2, -0.15) is 0 Å². The van der Waals surface area contributed by atoms with Gasteiger partial charge in [0.2, 0.25) is 0 Å². The predicted octanol–water partition coefficient (Wildman–Crippen LogP) is 6.42. The van der Waals surface area contributed by atoms with E-state index in [0.717, 1.165) is 31.9 Å². The van der Waals surface area contributed by atoms with Crippen LogP contribution in [0.25, 0.3) is 0 Å². The normalized spacial score (nSPS) is 21.1. The van der Waals surface area contributed by atoms with Gasteiger partial charge in [0.1, 0.15) is 5.82 Å². The lowest BCUT2D eigenvalue weighted by Gasteiger charge is -2.41. The number of hydrogen-bond donors (Lipinski definition) is 0. The third kappa shape index (κ3) is 4.38. The smallest absolute Gasteiger partial charge is 0.123 e. The second-order valence-electron chi connectivity index (χ2n) is 10.0. The van der Waals surface area contributed by atoms with Gasteiger partial charge < -0.3 is 9.80 Å². The third-order valence-electron chi connectivity index (χ3n) is 7.38. The van der Waals surface area contributed by atoms with Gasteiger partial charge in [-0.3, -0.25) is 4.67 Å². The lowest BCUT2D eigenvalue weighted by Crippen LogP contribution is -2.44. The summed E-state index contributed by atoms with van der Waals surface area (Å²) >= 11 is 0. The van der Waals surface area contributed by atoms with Crippen molar-refractivity contribution >= 4 is 23.9 Å². The van der Waals surface area contributed by atoms with Crippen LogP contribution in [-0.4, -0.2) is 49.8 Å². The van der Waals surface area contributed by atoms with E-state index in [1.54, 1.807) is 12.1 Å². The molecule has 0 saturated carbocycles. The number of likely N-dealkylation sites (N-methyl/N-ethyl adjacent to an activating group) is 2. The first-order chi connectivity index (χ1) is 16.8. The molecule has 1 atom stereocenters. The summed E-state index contributed by atoms with van der Waals surface area (Å²) in [7, 11) is 1.97. The molecule has 0 aromatic heterocycles. The highest BCUT2D eigenvalue weighted by Gasteiger charge is 2.41. The largest absolute Gasteiger partial charge is 0.347 e. The van der Waals surface area contributed by atoms with E-state index in [9.17, 15) is 4.39 Å². The van der Waals surface area contributed by atoms with Crippen LogP contribution in [0.15, 0.2) is 95.1 Å². The molecule has 2 aliphatic heterocycles. The third-order valence-corrected chi connectivity index (χ3v) is 10.8. The van der Waals surface area contributed by atoms with Crippen LogP contribution < -0.4 is 10.2 Å². The van der Waals surface area contributed by atoms with E-state index in [1.807, 2.05) is 0 Å². The number of fused-ring (bicyclic) bond motifs is 1. The number of allylic oxidation sites excluding steroid dienone is 1. The van der Waals surface area contributed by atoms with E-state index in [0.29, 0.717) is 0 Å². The molecule has 5 rings (SSSR count). The van der Waals surface area contributed by atoms with Crippen LogP contribution in [-0.2, 0) is 5.41 Å². The molecule has 182 valence electrons. The first-order valence-corrected chi connectivity index (χ1v) is 14.0. The number of para-hydroxylation sites is 1. The summed E-state index contributed by atoms with van der Waals surface area (Å²) in [6.07, 6.45) is 0. The quantitative estimate of drug-likeness (QED) is 0.396. The Kier molecular flexibility index (Phi) is 6.43. The van der Waals surface area contributed by atoms with E-state index in [1.165, 1.54) is 34.4 Å². The molecule has 1 fully saturated rings. The second-order valence-corrected chi connectivity index (χ2v) is 12.9. The molecule has 0 radical (unpaired) electrons. The van der Waals surface area contributed by atoms with Gasteiger partial charge >= 0.3 is 0 Å². The van der Waals surface area contributed by atoms with Crippen molar-refractivity contribution in [2.45, 2.75) is 19.3 Å². The van der Waals surface area contributed by atoms with E-state index in [2.05, 4.69) is 103 Å². The molecule has 1 saturated heterocycles. The van der Waals surface area contributed by atoms with E-state index < -0.39 is 7.21 Å². The lowest BCUT2D eigenvalue weighted by molar-refractivity contribution is 0.229. The van der Waals surface area contributed by atoms with Crippen LogP contribution in [0, 0.1) is 5.82 Å². The fourth-order valence-corrected chi connectivity index (χ4v) is 8.96. The molecule has 0 N–H and O–H groups in total. The molecule has 3 aromatic carbocycles. The number of anilines is 1. The minimum absolute atomic E-state index is 0.156. The Morgan fingerprint density at radius 1 is 0.829 bits per heavy atom. The summed E-state index contributed by atoms with van der Waals surface area (Å²) in [4.78, 5) is 4.71. The van der Waals surface area contributed by atoms with Gasteiger partial charge in [-0.25, -0.2) is 9.14 Å². The van der Waals surface area contributed by atoms with E-state index >= 15 is 0 Å². The molecule has 0 aliphatic carbocycles. The molecule has 3 aromatic rings. The summed E-state index contributed by atoms with van der Waals surface area (Å²) in [5, 5.41) is 1.22. The van der Waals surface area contributed by atoms with Crippen LogP contribution in [0.1, 0.15) is 19.4 Å². The Morgan fingerprint density at radius 3 is 2.11 bits per heavy atom. The second kappa shape index (κ2) is 9.39. The number of hydrogen-bond acceptors (Lipinski definition) is 3. The summed E-state index contributed by atoms with van der Waals surface area (Å²) in [6.45, 7) is 8.48. The van der Waals surface area contributed by atoms with Crippen molar-refractivity contribution in [3.05, 3.63) is 102 Å². The topological polar surface area (TPSA) is 22.1 Å². The Labute approximate surface area is 208 Å². The molecule has 2 heterocycles. The number of nitrogens with zero attached hydrogens (tertiary/aromatic N) is 4. The predicted molar refractivity (Wildman–Crippen MR) is 147 cm³/mol. The molecule has 2 aliphatic rings. The molecule has 0 spiro atoms. The highest BCUT2D eigenvalue weighted by atomic mass is 31.2. The van der Waals surface area contributed by atoms with Crippen molar-refractivity contribution in [2.24, 2.45) is 4.74 Å². The van der Waals surface area contributed by atoms with Gasteiger partial charge in [-0.05, 0) is 48.8 Å². The SMILES string of the molecule is CN1CCN([P@@](/C=C2\N(C)c3ccccc3C2(C)C)(=Nc2ccc(F)cc2)c2ccccc2)CC1. The molecule has 0 bridgehead atoms. The Morgan fingerprint density at radius 2 is 1.46 bits per heavy atom. The van der Waals surface area contributed by atoms with Gasteiger partial charge in [0.05, 0.1) is 12.9 Å². The number of benzene rings is 3. The van der Waals surface area contributed by atoms with Gasteiger partial charge in [0, 0.05) is 55.3 Å². The van der Waals surface area contributed by atoms with Crippen LogP contribution in [0.2, 0.25) is 0 Å². The van der Waals surface area contributed by atoms with E-state index in [4.69, 9.17) is 4.74 Å². The van der Waals surface area contributed by atoms with Crippen molar-refractivity contribution in [1.82, 2.24) is 9.57 Å². The van der Waals surface area contributed by atoms with Crippen molar-refractivity contribution in [3.8, 4) is 0 Å². The van der Waals surface area contributed by atoms with Crippen molar-refractivity contribution in [1.29, 1.82) is 0 Å². The monoisotopic (exact) mass is 488 g/mol. The molecule has 0 unspecified atom stereocenters. The molecule has 0 amide bonds. The maximum absolute atomic E-state index is 13.8. The van der Waals surface area contributed by atoms with Crippen LogP contribution >= 0.6 is 7.21 Å². The minimum atomic E-state index is -2.38. The van der Waals surface area contributed by atoms with E-state index in [-0.39, 0.29) is 11.2 Å². The molecule has 35 heavy (non-hydrogen) atoms. The molecule has 6 heteroatoms. The van der Waals surface area contributed by atoms with Gasteiger partial charge in [-0.15, -0.1) is 0 Å². The molecular formula is C29H34FN4P. The maximum Gasteiger partial charge on any atom is 0.123 e. The molecule has 4 nitrogen and oxygen atoms in total. The van der Waals surface area contributed by atoms with Gasteiger partial charge in [-0.1, -0.05) is 62.4 Å². The number of rotatable bonds is 4. The Hall–Kier alpha value is -2.72. The standard InChI is InChI=1S/C29H34FN4P/c1-29(2)26-12-8-9-13-27(26)33(4)28(29)22-35(25-10-6-5-7-11-25,34-20-18-32(3)19-21-34)31-24-16-14-23(30)15-17-24/h5-17,22H,18-21H2,1-4H3/b28-22-/t35-/m1/s1. The van der Waals surface area contributed by atoms with Crippen LogP contribution in [0.5, 0.6) is 0 Å². The maximum atomic E-state index is 13.8. The summed E-state index contributed by atoms with van der Waals surface area (Å²) in [6, 6.07) is 26.0. The van der Waals surface area contributed by atoms with Gasteiger partial charge in [0.25, 0.3) is 0 Å². The zero-order valence-corrected chi connectivity index (χ0v) is 21.9. The lowest BCUT2D eigenvalue weighted by atomic mass is 9.84. The first-order valence-electron chi connectivity index (χ1n) is 12.2. The van der Waals surface area contributed by atoms with Gasteiger partial charge in [0.15, 0.2) is 0 Å². The number of piperazine rings is 1. The highest BCUT2D eigenvalue weighted by molar-refractivity contribution is 7.74. The highest BCUT2D eigenvalue weighted by Crippen LogP contribution is 2.60. The zero-order valence-electron chi connectivity index (χ0n) is 21.0. The summed E-state index contributed by atoms with van der Waals surface area (Å²) in [5.41, 5.74) is 4.50. The Balaban J connectivity index is 1.79. The zero-order chi connectivity index (χ0) is 24.6.